The highest BCUT2D eigenvalue weighted by molar-refractivity contribution is 5.28. The molecule has 0 bridgehead atoms. The van der Waals surface area contributed by atoms with E-state index in [1.807, 2.05) is 0 Å². The van der Waals surface area contributed by atoms with Gasteiger partial charge in [-0.15, -0.1) is 0 Å². The van der Waals surface area contributed by atoms with Crippen LogP contribution in [0.4, 0.5) is 0 Å². The minimum Gasteiger partial charge on any atom is -0.328 e. The van der Waals surface area contributed by atoms with Crippen LogP contribution >= 0.6 is 0 Å². The zero-order valence-electron chi connectivity index (χ0n) is 10.4. The number of aryl methyl sites for hydroxylation is 1. The van der Waals surface area contributed by atoms with Gasteiger partial charge in [-0.25, -0.2) is 4.98 Å². The summed E-state index contributed by atoms with van der Waals surface area (Å²) in [5.41, 5.74) is 6.49. The zero-order chi connectivity index (χ0) is 12.7. The molecule has 3 N–H and O–H groups in total. The lowest BCUT2D eigenvalue weighted by molar-refractivity contribution is 0.385. The van der Waals surface area contributed by atoms with Gasteiger partial charge >= 0.3 is 0 Å². The fourth-order valence-corrected chi connectivity index (χ4v) is 2.58. The third kappa shape index (κ3) is 1.92. The topological polar surface area (TPSA) is 89.1 Å². The molecule has 1 saturated carbocycles. The standard InChI is InChI=1S/C12H17N5O/c1-7-6-10(18)17-12(14-7)15-11(16-17)8-2-4-9(13)5-3-8/h6,8-9H,2-5,13H2,1H3,(H,14,15,16). The Labute approximate surface area is 104 Å². The minimum absolute atomic E-state index is 0.108. The van der Waals surface area contributed by atoms with Crippen molar-refractivity contribution in [2.45, 2.75) is 44.6 Å². The van der Waals surface area contributed by atoms with Gasteiger partial charge in [-0.2, -0.15) is 9.50 Å². The molecule has 3 rings (SSSR count). The molecule has 6 nitrogen and oxygen atoms in total. The van der Waals surface area contributed by atoms with Crippen LogP contribution in [0.15, 0.2) is 10.9 Å². The van der Waals surface area contributed by atoms with Gasteiger partial charge in [0.15, 0.2) is 0 Å². The predicted molar refractivity (Wildman–Crippen MR) is 67.5 cm³/mol. The fourth-order valence-electron chi connectivity index (χ4n) is 2.58. The third-order valence-corrected chi connectivity index (χ3v) is 3.63. The Morgan fingerprint density at radius 1 is 1.33 bits per heavy atom. The molecule has 96 valence electrons. The van der Waals surface area contributed by atoms with Crippen molar-refractivity contribution in [2.75, 3.05) is 0 Å². The molecule has 0 unspecified atom stereocenters. The van der Waals surface area contributed by atoms with E-state index in [4.69, 9.17) is 5.73 Å². The monoisotopic (exact) mass is 247 g/mol. The van der Waals surface area contributed by atoms with Crippen LogP contribution in [0.5, 0.6) is 0 Å². The number of hydrogen-bond acceptors (Lipinski definition) is 4. The van der Waals surface area contributed by atoms with Gasteiger partial charge < -0.3 is 5.73 Å². The number of hydrogen-bond donors (Lipinski definition) is 2. The summed E-state index contributed by atoms with van der Waals surface area (Å²) in [7, 11) is 0. The maximum Gasteiger partial charge on any atom is 0.274 e. The molecule has 0 radical (unpaired) electrons. The van der Waals surface area contributed by atoms with Gasteiger partial charge in [0.05, 0.1) is 0 Å². The van der Waals surface area contributed by atoms with E-state index in [1.54, 1.807) is 6.92 Å². The van der Waals surface area contributed by atoms with Crippen LogP contribution in [0.1, 0.15) is 43.1 Å². The molecule has 0 atom stereocenters. The van der Waals surface area contributed by atoms with Crippen molar-refractivity contribution < 1.29 is 0 Å². The van der Waals surface area contributed by atoms with Crippen molar-refractivity contribution in [3.8, 4) is 0 Å². The molecule has 1 aliphatic rings. The lowest BCUT2D eigenvalue weighted by atomic mass is 9.86. The molecule has 2 aromatic rings. The summed E-state index contributed by atoms with van der Waals surface area (Å²) in [6, 6.07) is 1.82. The maximum atomic E-state index is 11.8. The first-order valence-corrected chi connectivity index (χ1v) is 6.35. The normalized spacial score (nSPS) is 24.6. The number of nitrogens with zero attached hydrogens (tertiary/aromatic N) is 3. The molecular formula is C12H17N5O. The highest BCUT2D eigenvalue weighted by atomic mass is 16.1. The van der Waals surface area contributed by atoms with Gasteiger partial charge in [0, 0.05) is 23.7 Å². The van der Waals surface area contributed by atoms with E-state index in [0.717, 1.165) is 31.5 Å². The summed E-state index contributed by atoms with van der Waals surface area (Å²) in [6.07, 6.45) is 4.08. The minimum atomic E-state index is -0.108. The van der Waals surface area contributed by atoms with Crippen LogP contribution in [0.25, 0.3) is 5.78 Å². The van der Waals surface area contributed by atoms with E-state index in [2.05, 4.69) is 15.1 Å². The second-order valence-corrected chi connectivity index (χ2v) is 5.09. The molecule has 0 aliphatic heterocycles. The summed E-state index contributed by atoms with van der Waals surface area (Å²) >= 11 is 0. The van der Waals surface area contributed by atoms with Crippen molar-refractivity contribution in [1.82, 2.24) is 19.6 Å². The highest BCUT2D eigenvalue weighted by Crippen LogP contribution is 2.30. The van der Waals surface area contributed by atoms with E-state index in [1.165, 1.54) is 10.6 Å². The smallest absolute Gasteiger partial charge is 0.274 e. The van der Waals surface area contributed by atoms with Crippen molar-refractivity contribution in [3.63, 3.8) is 0 Å². The zero-order valence-corrected chi connectivity index (χ0v) is 10.4. The Bertz CT molecular complexity index is 621. The second-order valence-electron chi connectivity index (χ2n) is 5.09. The molecule has 18 heavy (non-hydrogen) atoms. The number of nitrogens with one attached hydrogen (secondary N) is 1. The largest absolute Gasteiger partial charge is 0.328 e. The van der Waals surface area contributed by atoms with E-state index in [-0.39, 0.29) is 5.56 Å². The molecule has 1 aliphatic carbocycles. The Morgan fingerprint density at radius 2 is 2.06 bits per heavy atom. The molecule has 1 fully saturated rings. The van der Waals surface area contributed by atoms with E-state index >= 15 is 0 Å². The quantitative estimate of drug-likeness (QED) is 0.776. The fraction of sp³-hybridized carbons (Fsp3) is 0.583. The van der Waals surface area contributed by atoms with Crippen LogP contribution < -0.4 is 11.3 Å². The van der Waals surface area contributed by atoms with Gasteiger partial charge in [-0.3, -0.25) is 9.89 Å². The average molecular weight is 247 g/mol. The van der Waals surface area contributed by atoms with Gasteiger partial charge in [0.25, 0.3) is 11.3 Å². The van der Waals surface area contributed by atoms with Gasteiger partial charge in [0.1, 0.15) is 5.82 Å². The maximum absolute atomic E-state index is 11.8. The van der Waals surface area contributed by atoms with Crippen molar-refractivity contribution >= 4 is 5.78 Å². The number of rotatable bonds is 1. The molecule has 0 spiro atoms. The van der Waals surface area contributed by atoms with Gasteiger partial charge in [0.2, 0.25) is 0 Å². The van der Waals surface area contributed by atoms with Gasteiger partial charge in [-0.1, -0.05) is 0 Å². The van der Waals surface area contributed by atoms with Crippen LogP contribution in [-0.4, -0.2) is 25.6 Å². The predicted octanol–water partition coefficient (Wildman–Crippen LogP) is 0.711. The van der Waals surface area contributed by atoms with Crippen LogP contribution in [-0.2, 0) is 0 Å². The van der Waals surface area contributed by atoms with Crippen LogP contribution in [0.3, 0.4) is 0 Å². The Hall–Kier alpha value is -1.69. The van der Waals surface area contributed by atoms with E-state index in [9.17, 15) is 4.79 Å². The molecule has 0 aromatic carbocycles. The summed E-state index contributed by atoms with van der Waals surface area (Å²) in [6.45, 7) is 1.80. The summed E-state index contributed by atoms with van der Waals surface area (Å²) in [5, 5.41) is 3.07. The number of aromatic nitrogens is 4. The summed E-state index contributed by atoms with van der Waals surface area (Å²) in [5.74, 6) is 1.69. The molecule has 0 saturated heterocycles. The van der Waals surface area contributed by atoms with Crippen molar-refractivity contribution in [2.24, 2.45) is 5.73 Å². The number of nitrogens with two attached hydrogens (primary N) is 1. The highest BCUT2D eigenvalue weighted by Gasteiger charge is 2.23. The number of fused-ring (bicyclic) bond motifs is 1. The van der Waals surface area contributed by atoms with Gasteiger partial charge in [-0.05, 0) is 32.6 Å². The first-order valence-electron chi connectivity index (χ1n) is 6.35. The molecule has 0 amide bonds. The van der Waals surface area contributed by atoms with Crippen molar-refractivity contribution in [1.29, 1.82) is 0 Å². The second kappa shape index (κ2) is 4.20. The van der Waals surface area contributed by atoms with Crippen LogP contribution in [0.2, 0.25) is 0 Å². The number of H-pyrrole nitrogens is 1. The van der Waals surface area contributed by atoms with E-state index < -0.39 is 0 Å². The molecule has 6 heteroatoms. The molecular weight excluding hydrogens is 230 g/mol. The molecule has 2 heterocycles. The Kier molecular flexibility index (Phi) is 2.66. The lowest BCUT2D eigenvalue weighted by Gasteiger charge is -2.23. The first-order chi connectivity index (χ1) is 8.63. The first kappa shape index (κ1) is 11.4. The SMILES string of the molecule is Cc1cc(=O)n2[nH]c(C3CCC(N)CC3)nc2n1. The van der Waals surface area contributed by atoms with Crippen LogP contribution in [0, 0.1) is 6.92 Å². The Balaban J connectivity index is 1.98. The number of aromatic amines is 1. The Morgan fingerprint density at radius 3 is 2.78 bits per heavy atom. The molecule has 2 aromatic heterocycles. The average Bonchev–Trinajstić information content (AvgIpc) is 2.74. The van der Waals surface area contributed by atoms with E-state index in [0.29, 0.717) is 23.4 Å². The lowest BCUT2D eigenvalue weighted by Crippen LogP contribution is -2.26. The third-order valence-electron chi connectivity index (χ3n) is 3.63. The summed E-state index contributed by atoms with van der Waals surface area (Å²) in [4.78, 5) is 20.5. The van der Waals surface area contributed by atoms with Crippen molar-refractivity contribution in [3.05, 3.63) is 27.9 Å². The summed E-state index contributed by atoms with van der Waals surface area (Å²) < 4.78 is 1.41.